The molecule has 7 nitrogen and oxygen atoms in total. The van der Waals surface area contributed by atoms with Gasteiger partial charge in [-0.1, -0.05) is 17.7 Å². The minimum atomic E-state index is -1.33. The second kappa shape index (κ2) is 8.05. The summed E-state index contributed by atoms with van der Waals surface area (Å²) in [6.07, 6.45) is 1.64. The summed E-state index contributed by atoms with van der Waals surface area (Å²) in [7, 11) is 0. The van der Waals surface area contributed by atoms with Gasteiger partial charge in [-0.05, 0) is 36.8 Å². The van der Waals surface area contributed by atoms with E-state index < -0.39 is 33.4 Å². The first-order valence-electron chi connectivity index (χ1n) is 8.53. The molecule has 1 aliphatic rings. The van der Waals surface area contributed by atoms with E-state index in [1.165, 1.54) is 12.1 Å². The molecule has 0 aliphatic carbocycles. The minimum Gasteiger partial charge on any atom is -0.477 e. The normalized spacial score (nSPS) is 14.9. The molecule has 1 saturated heterocycles. The second-order valence-corrected chi connectivity index (χ2v) is 6.96. The third kappa shape index (κ3) is 4.19. The number of hydrogen-bond donors (Lipinski definition) is 1. The molecule has 1 aliphatic heterocycles. The van der Waals surface area contributed by atoms with Gasteiger partial charge in [0.1, 0.15) is 17.3 Å². The lowest BCUT2D eigenvalue weighted by Gasteiger charge is -2.33. The average molecular weight is 412 g/mol. The van der Waals surface area contributed by atoms with Crippen molar-refractivity contribution in [2.75, 3.05) is 18.0 Å². The zero-order valence-corrected chi connectivity index (χ0v) is 15.3. The summed E-state index contributed by atoms with van der Waals surface area (Å²) in [6, 6.07) is 4.62. The molecule has 10 heteroatoms. The van der Waals surface area contributed by atoms with E-state index in [-0.39, 0.29) is 17.3 Å². The summed E-state index contributed by atoms with van der Waals surface area (Å²) >= 11 is 5.84. The van der Waals surface area contributed by atoms with Crippen molar-refractivity contribution >= 4 is 28.9 Å². The van der Waals surface area contributed by atoms with E-state index in [1.807, 2.05) is 0 Å². The molecule has 0 amide bonds. The average Bonchev–Trinajstić information content (AvgIpc) is 2.63. The Balaban J connectivity index is 1.77. The number of nitrogens with zero attached hydrogens (tertiary/aromatic N) is 3. The number of aromatic nitrogens is 1. The van der Waals surface area contributed by atoms with Crippen LogP contribution < -0.4 is 4.90 Å². The number of aromatic carboxylic acids is 1. The van der Waals surface area contributed by atoms with Gasteiger partial charge in [0.2, 0.25) is 5.15 Å². The van der Waals surface area contributed by atoms with Crippen molar-refractivity contribution in [3.05, 3.63) is 62.4 Å². The van der Waals surface area contributed by atoms with Crippen LogP contribution in [0.15, 0.2) is 24.3 Å². The third-order valence-corrected chi connectivity index (χ3v) is 5.07. The fourth-order valence-electron chi connectivity index (χ4n) is 3.39. The molecule has 0 bridgehead atoms. The molecular weight excluding hydrogens is 396 g/mol. The van der Waals surface area contributed by atoms with E-state index >= 15 is 0 Å². The van der Waals surface area contributed by atoms with Crippen LogP contribution in [0.1, 0.15) is 28.9 Å². The molecule has 0 unspecified atom stereocenters. The fraction of sp³-hybridized carbons (Fsp3) is 0.333. The van der Waals surface area contributed by atoms with Gasteiger partial charge in [0.15, 0.2) is 5.69 Å². The summed E-state index contributed by atoms with van der Waals surface area (Å²) < 4.78 is 26.9. The fourth-order valence-corrected chi connectivity index (χ4v) is 3.65. The number of halogens is 3. The Labute approximate surface area is 163 Å². The lowest BCUT2D eigenvalue weighted by Crippen LogP contribution is -2.35. The molecular formula is C18H16ClF2N3O4. The van der Waals surface area contributed by atoms with Gasteiger partial charge in [-0.25, -0.2) is 18.6 Å². The molecule has 0 atom stereocenters. The van der Waals surface area contributed by atoms with Gasteiger partial charge < -0.3 is 10.0 Å². The highest BCUT2D eigenvalue weighted by atomic mass is 35.5. The highest BCUT2D eigenvalue weighted by molar-refractivity contribution is 6.32. The van der Waals surface area contributed by atoms with Crippen LogP contribution in [0.2, 0.25) is 5.15 Å². The van der Waals surface area contributed by atoms with E-state index in [0.29, 0.717) is 37.9 Å². The van der Waals surface area contributed by atoms with Crippen LogP contribution in [-0.4, -0.2) is 34.1 Å². The molecule has 0 spiro atoms. The van der Waals surface area contributed by atoms with Crippen molar-refractivity contribution in [2.45, 2.75) is 19.3 Å². The van der Waals surface area contributed by atoms with E-state index in [9.17, 15) is 23.7 Å². The van der Waals surface area contributed by atoms with Crippen molar-refractivity contribution in [3.63, 3.8) is 0 Å². The van der Waals surface area contributed by atoms with Gasteiger partial charge in [-0.2, -0.15) is 0 Å². The number of carbonyl (C=O) groups is 1. The SMILES string of the molecule is O=C(O)c1cc(N2CCC(Cc3ccc(F)cc3F)CC2)c([N+](=O)[O-])c(Cl)n1. The van der Waals surface area contributed by atoms with E-state index in [2.05, 4.69) is 4.98 Å². The lowest BCUT2D eigenvalue weighted by atomic mass is 9.89. The predicted octanol–water partition coefficient (Wildman–Crippen LogP) is 4.08. The smallest absolute Gasteiger partial charge is 0.354 e. The summed E-state index contributed by atoms with van der Waals surface area (Å²) in [5.41, 5.74) is -0.282. The Morgan fingerprint density at radius 1 is 1.32 bits per heavy atom. The van der Waals surface area contributed by atoms with Crippen LogP contribution in [0.3, 0.4) is 0 Å². The molecule has 2 heterocycles. The lowest BCUT2D eigenvalue weighted by molar-refractivity contribution is -0.384. The molecule has 2 aromatic rings. The Morgan fingerprint density at radius 2 is 2.00 bits per heavy atom. The van der Waals surface area contributed by atoms with Gasteiger partial charge >= 0.3 is 11.7 Å². The first kappa shape index (κ1) is 19.9. The summed E-state index contributed by atoms with van der Waals surface area (Å²) in [5.74, 6) is -2.44. The van der Waals surface area contributed by atoms with Crippen molar-refractivity contribution < 1.29 is 23.6 Å². The number of carboxylic acid groups (broad SMARTS) is 1. The number of benzene rings is 1. The summed E-state index contributed by atoms with van der Waals surface area (Å²) in [4.78, 5) is 27.1. The van der Waals surface area contributed by atoms with E-state index in [1.54, 1.807) is 4.90 Å². The Kier molecular flexibility index (Phi) is 5.73. The number of carboxylic acids is 1. The second-order valence-electron chi connectivity index (χ2n) is 6.60. The van der Waals surface area contributed by atoms with Crippen molar-refractivity contribution in [1.82, 2.24) is 4.98 Å². The number of piperidine rings is 1. The van der Waals surface area contributed by atoms with Crippen LogP contribution >= 0.6 is 11.6 Å². The van der Waals surface area contributed by atoms with E-state index in [4.69, 9.17) is 16.7 Å². The van der Waals surface area contributed by atoms with Crippen LogP contribution in [0.4, 0.5) is 20.2 Å². The molecule has 1 N–H and O–H groups in total. The molecule has 1 fully saturated rings. The maximum Gasteiger partial charge on any atom is 0.354 e. The predicted molar refractivity (Wildman–Crippen MR) is 97.9 cm³/mol. The first-order chi connectivity index (χ1) is 13.3. The van der Waals surface area contributed by atoms with Crippen LogP contribution in [0.5, 0.6) is 0 Å². The van der Waals surface area contributed by atoms with Gasteiger partial charge in [0.05, 0.1) is 4.92 Å². The molecule has 0 radical (unpaired) electrons. The van der Waals surface area contributed by atoms with Crippen molar-refractivity contribution in [2.24, 2.45) is 5.92 Å². The quantitative estimate of drug-likeness (QED) is 0.452. The first-order valence-corrected chi connectivity index (χ1v) is 8.91. The third-order valence-electron chi connectivity index (χ3n) is 4.81. The zero-order valence-electron chi connectivity index (χ0n) is 14.6. The van der Waals surface area contributed by atoms with Crippen LogP contribution in [0.25, 0.3) is 0 Å². The number of nitro groups is 1. The van der Waals surface area contributed by atoms with Gasteiger partial charge in [0.25, 0.3) is 0 Å². The Morgan fingerprint density at radius 3 is 2.57 bits per heavy atom. The summed E-state index contributed by atoms with van der Waals surface area (Å²) in [6.45, 7) is 0.821. The van der Waals surface area contributed by atoms with E-state index in [0.717, 1.165) is 12.1 Å². The Bertz CT molecular complexity index is 933. The topological polar surface area (TPSA) is 96.6 Å². The van der Waals surface area contributed by atoms with Gasteiger partial charge in [-0.15, -0.1) is 0 Å². The molecule has 28 heavy (non-hydrogen) atoms. The maximum atomic E-state index is 13.9. The highest BCUT2D eigenvalue weighted by Crippen LogP contribution is 2.37. The molecule has 0 saturated carbocycles. The number of anilines is 1. The highest BCUT2D eigenvalue weighted by Gasteiger charge is 2.30. The molecule has 1 aromatic heterocycles. The zero-order chi connectivity index (χ0) is 20.4. The monoisotopic (exact) mass is 411 g/mol. The number of hydrogen-bond acceptors (Lipinski definition) is 5. The number of pyridine rings is 1. The maximum absolute atomic E-state index is 13.9. The molecule has 3 rings (SSSR count). The van der Waals surface area contributed by atoms with Crippen molar-refractivity contribution in [3.8, 4) is 0 Å². The summed E-state index contributed by atoms with van der Waals surface area (Å²) in [5, 5.41) is 20.0. The van der Waals surface area contributed by atoms with Crippen LogP contribution in [-0.2, 0) is 6.42 Å². The van der Waals surface area contributed by atoms with Crippen LogP contribution in [0, 0.1) is 27.7 Å². The van der Waals surface area contributed by atoms with Crippen molar-refractivity contribution in [1.29, 1.82) is 0 Å². The molecule has 1 aromatic carbocycles. The largest absolute Gasteiger partial charge is 0.477 e. The number of rotatable bonds is 5. The standard InChI is InChI=1S/C18H16ClF2N3O4/c19-17-16(24(27)28)15(9-14(22-17)18(25)26)23-5-3-10(4-6-23)7-11-1-2-12(20)8-13(11)21/h1-2,8-10H,3-7H2,(H,25,26). The molecule has 148 valence electrons. The van der Waals surface area contributed by atoms with Gasteiger partial charge in [-0.3, -0.25) is 10.1 Å². The van der Waals surface area contributed by atoms with Gasteiger partial charge in [0, 0.05) is 25.2 Å². The minimum absolute atomic E-state index is 0.105. The Hall–Kier alpha value is -2.81.